The highest BCUT2D eigenvalue weighted by molar-refractivity contribution is 5.81. The molecule has 4 heteroatoms. The van der Waals surface area contributed by atoms with Crippen molar-refractivity contribution in [1.82, 2.24) is 9.97 Å². The van der Waals surface area contributed by atoms with Gasteiger partial charge in [-0.1, -0.05) is 60.7 Å². The summed E-state index contributed by atoms with van der Waals surface area (Å²) in [6.45, 7) is 0. The van der Waals surface area contributed by atoms with Gasteiger partial charge in [0.2, 0.25) is 0 Å². The SMILES string of the molecule is O=c1[nH]c2ccc(c#cc3ccccc3c#cc3ccccc3c#cc3ccc(cc3)[nH]c(=O)c3ccc1cc3)cc2. The Morgan fingerprint density at radius 2 is 0.667 bits per heavy atom. The van der Waals surface area contributed by atoms with Gasteiger partial charge in [0.1, 0.15) is 0 Å². The number of hydrogen-bond acceptors (Lipinski definition) is 2. The van der Waals surface area contributed by atoms with Crippen LogP contribution in [-0.4, -0.2) is 9.97 Å². The van der Waals surface area contributed by atoms with Crippen LogP contribution in [0.4, 0.5) is 0 Å². The van der Waals surface area contributed by atoms with E-state index in [-0.39, 0.29) is 11.1 Å². The molecule has 10 rings (SSSR count). The average molecular weight is 539 g/mol. The summed E-state index contributed by atoms with van der Waals surface area (Å²) in [5.74, 6) is 0. The summed E-state index contributed by atoms with van der Waals surface area (Å²) in [4.78, 5) is 31.3. The summed E-state index contributed by atoms with van der Waals surface area (Å²) >= 11 is 0. The smallest absolute Gasteiger partial charge is 0.255 e. The Bertz CT molecular complexity index is 2090. The van der Waals surface area contributed by atoms with Gasteiger partial charge in [0.25, 0.3) is 11.1 Å². The summed E-state index contributed by atoms with van der Waals surface area (Å²) in [5, 5.41) is 5.79. The lowest BCUT2D eigenvalue weighted by molar-refractivity contribution is 1.33. The van der Waals surface area contributed by atoms with E-state index in [0.29, 0.717) is 21.8 Å². The molecule has 42 heavy (non-hydrogen) atoms. The maximum absolute atomic E-state index is 12.8. The molecule has 0 saturated carbocycles. The fraction of sp³-hybridized carbons (Fsp3) is 0. The van der Waals surface area contributed by atoms with E-state index in [9.17, 15) is 9.59 Å². The fourth-order valence-corrected chi connectivity index (χ4v) is 4.27. The van der Waals surface area contributed by atoms with Crippen molar-refractivity contribution in [2.75, 3.05) is 0 Å². The van der Waals surface area contributed by atoms with Crippen LogP contribution in [0.15, 0.2) is 131 Å². The van der Waals surface area contributed by atoms with E-state index in [0.717, 1.165) is 32.3 Å². The van der Waals surface area contributed by atoms with Gasteiger partial charge in [-0.3, -0.25) is 9.59 Å². The van der Waals surface area contributed by atoms with E-state index in [1.807, 2.05) is 97.1 Å². The zero-order valence-electron chi connectivity index (χ0n) is 22.4. The molecule has 0 fully saturated rings. The lowest BCUT2D eigenvalue weighted by atomic mass is 10.2. The molecule has 0 aliphatic heterocycles. The van der Waals surface area contributed by atoms with Crippen molar-refractivity contribution in [3.8, 4) is 0 Å². The van der Waals surface area contributed by atoms with Crippen molar-refractivity contribution < 1.29 is 0 Å². The average Bonchev–Trinajstić information content (AvgIpc) is 3.03. The minimum atomic E-state index is -0.270. The van der Waals surface area contributed by atoms with E-state index < -0.39 is 0 Å². The zero-order valence-corrected chi connectivity index (χ0v) is 22.4. The minimum absolute atomic E-state index is 0.270. The highest BCUT2D eigenvalue weighted by Crippen LogP contribution is 2.09. The normalized spacial score (nSPS) is 10.0. The van der Waals surface area contributed by atoms with Crippen LogP contribution in [0, 0.1) is 36.4 Å². The summed E-state index contributed by atoms with van der Waals surface area (Å²) in [6.07, 6.45) is 0. The number of benzene rings is 5. The van der Waals surface area contributed by atoms with E-state index in [2.05, 4.69) is 46.4 Å². The lowest BCUT2D eigenvalue weighted by Gasteiger charge is -1.91. The number of aromatic amines is 2. The fourth-order valence-electron chi connectivity index (χ4n) is 4.27. The minimum Gasteiger partial charge on any atom is -0.322 e. The highest BCUT2D eigenvalue weighted by atomic mass is 16.1. The molecule has 4 nitrogen and oxygen atoms in total. The first-order valence-corrected chi connectivity index (χ1v) is 13.3. The van der Waals surface area contributed by atoms with Crippen LogP contribution in [-0.2, 0) is 0 Å². The van der Waals surface area contributed by atoms with E-state index in [1.54, 1.807) is 24.3 Å². The van der Waals surface area contributed by atoms with Gasteiger partial charge >= 0.3 is 0 Å². The van der Waals surface area contributed by atoms with E-state index in [4.69, 9.17) is 0 Å². The second kappa shape index (κ2) is 11.8. The molecular weight excluding hydrogens is 516 g/mol. The molecule has 196 valence electrons. The second-order valence-corrected chi connectivity index (χ2v) is 9.48. The third-order valence-corrected chi connectivity index (χ3v) is 6.56. The molecule has 0 aliphatic carbocycles. The van der Waals surface area contributed by atoms with Crippen LogP contribution >= 0.6 is 0 Å². The highest BCUT2D eigenvalue weighted by Gasteiger charge is 1.93. The van der Waals surface area contributed by atoms with Crippen molar-refractivity contribution in [3.05, 3.63) is 178 Å². The van der Waals surface area contributed by atoms with Crippen molar-refractivity contribution in [1.29, 1.82) is 0 Å². The first-order chi connectivity index (χ1) is 20.6. The molecule has 0 aliphatic rings. The Balaban J connectivity index is 1.61. The third-order valence-electron chi connectivity index (χ3n) is 6.56. The van der Waals surface area contributed by atoms with Crippen LogP contribution in [0.2, 0.25) is 0 Å². The van der Waals surface area contributed by atoms with Gasteiger partial charge in [0.05, 0.1) is 0 Å². The predicted molar refractivity (Wildman–Crippen MR) is 170 cm³/mol. The Morgan fingerprint density at radius 1 is 0.357 bits per heavy atom. The number of aromatic nitrogens is 2. The molecule has 10 aromatic rings. The molecule has 0 spiro atoms. The summed E-state index contributed by atoms with van der Waals surface area (Å²) in [5.41, 5.74) is 0.747. The molecule has 0 radical (unpaired) electrons. The first-order valence-electron chi connectivity index (χ1n) is 13.3. The van der Waals surface area contributed by atoms with Gasteiger partial charge in [-0.2, -0.15) is 0 Å². The molecule has 0 saturated heterocycles. The van der Waals surface area contributed by atoms with Gasteiger partial charge in [-0.05, 0) is 97.1 Å². The summed E-state index contributed by atoms with van der Waals surface area (Å²) in [6, 6.07) is 56.1. The number of fused-ring (bicyclic) bond motifs is 1. The topological polar surface area (TPSA) is 65.7 Å². The standard InChI is InChI=1S/C38H22N2O2/c41-37-33-19-21-34(22-20-33)38(42)40-36-25-13-28(14-26-36)10-16-30-6-2-4-8-32(30)18-17-31-7-3-1-5-29(31)15-9-27-11-23-35(39-37)24-12-27/h1-8,11-14,19-26H,(H,39,41)(H,40,42). The molecule has 2 N–H and O–H groups in total. The first kappa shape index (κ1) is 26.0. The van der Waals surface area contributed by atoms with Gasteiger partial charge in [0.15, 0.2) is 0 Å². The van der Waals surface area contributed by atoms with Crippen LogP contribution in [0.25, 0.3) is 54.1 Å². The monoisotopic (exact) mass is 538 g/mol. The van der Waals surface area contributed by atoms with Crippen molar-refractivity contribution in [3.63, 3.8) is 0 Å². The van der Waals surface area contributed by atoms with E-state index >= 15 is 0 Å². The third kappa shape index (κ3) is 6.13. The Hall–Kier alpha value is -6.28. The Kier molecular flexibility index (Phi) is 7.33. The van der Waals surface area contributed by atoms with Gasteiger partial charge in [0, 0.05) is 54.1 Å². The molecular formula is C38H22N2O2. The predicted octanol–water partition coefficient (Wildman–Crippen LogP) is 7.57. The Labute approximate surface area is 242 Å². The van der Waals surface area contributed by atoms with Crippen LogP contribution < -0.4 is 11.1 Å². The number of rotatable bonds is 0. The van der Waals surface area contributed by atoms with Crippen LogP contribution in [0.1, 0.15) is 0 Å². The summed E-state index contributed by atoms with van der Waals surface area (Å²) in [7, 11) is 0. The number of hydrogen-bond donors (Lipinski definition) is 2. The Morgan fingerprint density at radius 3 is 1.00 bits per heavy atom. The molecule has 0 amide bonds. The van der Waals surface area contributed by atoms with E-state index in [1.165, 1.54) is 0 Å². The van der Waals surface area contributed by atoms with Crippen molar-refractivity contribution in [2.45, 2.75) is 0 Å². The number of nitrogens with one attached hydrogen (secondary N) is 2. The maximum Gasteiger partial charge on any atom is 0.255 e. The largest absolute Gasteiger partial charge is 0.322 e. The van der Waals surface area contributed by atoms with Gasteiger partial charge in [-0.25, -0.2) is 0 Å². The van der Waals surface area contributed by atoms with Crippen molar-refractivity contribution in [2.24, 2.45) is 0 Å². The molecule has 5 aromatic heterocycles. The van der Waals surface area contributed by atoms with Crippen molar-refractivity contribution >= 4 is 54.1 Å². The molecule has 0 atom stereocenters. The van der Waals surface area contributed by atoms with Gasteiger partial charge in [-0.15, -0.1) is 0 Å². The van der Waals surface area contributed by atoms with Gasteiger partial charge < -0.3 is 9.97 Å². The zero-order chi connectivity index (χ0) is 28.7. The quantitative estimate of drug-likeness (QED) is 0.210. The lowest BCUT2D eigenvalue weighted by Crippen LogP contribution is -2.04. The van der Waals surface area contributed by atoms with Crippen LogP contribution in [0.5, 0.6) is 0 Å². The molecule has 0 unspecified atom stereocenters. The maximum atomic E-state index is 12.8. The number of H-pyrrole nitrogens is 2. The molecule has 5 aromatic carbocycles. The molecule has 6 bridgehead atoms. The second-order valence-electron chi connectivity index (χ2n) is 9.48. The van der Waals surface area contributed by atoms with Crippen LogP contribution in [0.3, 0.4) is 0 Å². The summed E-state index contributed by atoms with van der Waals surface area (Å²) < 4.78 is 0. The molecule has 5 heterocycles.